The van der Waals surface area contributed by atoms with E-state index >= 15 is 0 Å². The quantitative estimate of drug-likeness (QED) is 0.796. The molecule has 1 aromatic carbocycles. The van der Waals surface area contributed by atoms with Crippen molar-refractivity contribution in [2.75, 3.05) is 18.6 Å². The zero-order valence-corrected chi connectivity index (χ0v) is 13.9. The Kier molecular flexibility index (Phi) is 6.85. The zero-order chi connectivity index (χ0) is 15.2. The van der Waals surface area contributed by atoms with Crippen molar-refractivity contribution >= 4 is 20.6 Å². The molecule has 0 radical (unpaired) electrons. The fourth-order valence-electron chi connectivity index (χ4n) is 1.79. The molecule has 20 heavy (non-hydrogen) atoms. The van der Waals surface area contributed by atoms with Gasteiger partial charge in [0.1, 0.15) is 0 Å². The minimum Gasteiger partial charge on any atom is -0.313 e. The van der Waals surface area contributed by atoms with Crippen molar-refractivity contribution in [3.8, 4) is 0 Å². The van der Waals surface area contributed by atoms with Crippen LogP contribution in [-0.4, -0.2) is 37.2 Å². The van der Waals surface area contributed by atoms with E-state index in [4.69, 9.17) is 0 Å². The summed E-state index contributed by atoms with van der Waals surface area (Å²) in [6.45, 7) is 5.08. The van der Waals surface area contributed by atoms with Gasteiger partial charge in [-0.15, -0.1) is 0 Å². The number of hydrogen-bond donors (Lipinski definition) is 1. The van der Waals surface area contributed by atoms with E-state index in [0.29, 0.717) is 10.6 Å². The highest BCUT2D eigenvalue weighted by atomic mass is 32.2. The highest BCUT2D eigenvalue weighted by Gasteiger charge is 2.13. The Bertz CT molecular complexity index is 538. The Morgan fingerprint density at radius 3 is 2.25 bits per heavy atom. The second-order valence-electron chi connectivity index (χ2n) is 4.82. The van der Waals surface area contributed by atoms with Crippen LogP contribution in [0.4, 0.5) is 0 Å². The van der Waals surface area contributed by atoms with Gasteiger partial charge in [-0.3, -0.25) is 4.21 Å². The molecule has 0 saturated carbocycles. The summed E-state index contributed by atoms with van der Waals surface area (Å²) in [5.74, 6) is 0.550. The molecule has 0 fully saturated rings. The molecule has 1 N–H and O–H groups in total. The normalized spacial score (nSPS) is 14.9. The van der Waals surface area contributed by atoms with E-state index in [2.05, 4.69) is 19.2 Å². The van der Waals surface area contributed by atoms with E-state index < -0.39 is 20.6 Å². The van der Waals surface area contributed by atoms with Crippen molar-refractivity contribution in [3.05, 3.63) is 24.3 Å². The Morgan fingerprint density at radius 1 is 1.20 bits per heavy atom. The van der Waals surface area contributed by atoms with Crippen LogP contribution in [0, 0.1) is 0 Å². The van der Waals surface area contributed by atoms with Crippen LogP contribution in [0.2, 0.25) is 0 Å². The van der Waals surface area contributed by atoms with Crippen LogP contribution in [0.15, 0.2) is 34.1 Å². The summed E-state index contributed by atoms with van der Waals surface area (Å²) in [7, 11) is -4.31. The van der Waals surface area contributed by atoms with Gasteiger partial charge in [-0.25, -0.2) is 8.42 Å². The summed E-state index contributed by atoms with van der Waals surface area (Å²) >= 11 is 0. The van der Waals surface area contributed by atoms with E-state index in [0.717, 1.165) is 19.4 Å². The third-order valence-corrected chi connectivity index (χ3v) is 5.67. The number of nitrogens with one attached hydrogen (secondary N) is 1. The topological polar surface area (TPSA) is 63.2 Å². The van der Waals surface area contributed by atoms with Crippen molar-refractivity contribution in [1.29, 1.82) is 0 Å². The predicted molar refractivity (Wildman–Crippen MR) is 83.2 cm³/mol. The van der Waals surface area contributed by atoms with Gasteiger partial charge < -0.3 is 5.32 Å². The van der Waals surface area contributed by atoms with Gasteiger partial charge in [0.2, 0.25) is 0 Å². The highest BCUT2D eigenvalue weighted by Crippen LogP contribution is 2.14. The van der Waals surface area contributed by atoms with E-state index in [1.165, 1.54) is 18.4 Å². The molecule has 1 aromatic rings. The molecule has 0 aliphatic rings. The minimum absolute atomic E-state index is 0.227. The molecule has 0 saturated heterocycles. The van der Waals surface area contributed by atoms with Crippen LogP contribution < -0.4 is 5.32 Å². The molecular formula is C14H23NO3S2. The maximum absolute atomic E-state index is 12.3. The molecule has 0 heterocycles. The summed E-state index contributed by atoms with van der Waals surface area (Å²) in [5.41, 5.74) is 0. The summed E-state index contributed by atoms with van der Waals surface area (Å²) in [6, 6.07) is 6.54. The van der Waals surface area contributed by atoms with Crippen molar-refractivity contribution in [3.63, 3.8) is 0 Å². The van der Waals surface area contributed by atoms with E-state index in [1.54, 1.807) is 12.1 Å². The van der Waals surface area contributed by atoms with Crippen LogP contribution in [0.1, 0.15) is 26.7 Å². The Hall–Kier alpha value is -0.720. The first-order valence-electron chi connectivity index (χ1n) is 6.80. The van der Waals surface area contributed by atoms with Crippen LogP contribution >= 0.6 is 0 Å². The molecule has 2 atom stereocenters. The summed E-state index contributed by atoms with van der Waals surface area (Å²) in [5, 5.41) is 3.37. The van der Waals surface area contributed by atoms with E-state index in [9.17, 15) is 12.6 Å². The van der Waals surface area contributed by atoms with Gasteiger partial charge in [0, 0.05) is 22.9 Å². The maximum atomic E-state index is 12.3. The lowest BCUT2D eigenvalue weighted by molar-refractivity contribution is 0.534. The SMILES string of the molecule is CCCNC(CC)CS(=O)c1ccc(S(C)(=O)=O)cc1. The van der Waals surface area contributed by atoms with Gasteiger partial charge in [-0.05, 0) is 43.7 Å². The van der Waals surface area contributed by atoms with Crippen LogP contribution in [0.5, 0.6) is 0 Å². The lowest BCUT2D eigenvalue weighted by Crippen LogP contribution is -2.34. The van der Waals surface area contributed by atoms with Crippen molar-refractivity contribution in [1.82, 2.24) is 5.32 Å². The predicted octanol–water partition coefficient (Wildman–Crippen LogP) is 1.98. The molecule has 0 bridgehead atoms. The Labute approximate surface area is 124 Å². The number of rotatable bonds is 8. The molecule has 6 heteroatoms. The molecule has 0 aromatic heterocycles. The van der Waals surface area contributed by atoms with Crippen LogP contribution in [-0.2, 0) is 20.6 Å². The van der Waals surface area contributed by atoms with Gasteiger partial charge in [-0.1, -0.05) is 13.8 Å². The van der Waals surface area contributed by atoms with Gasteiger partial charge in [0.15, 0.2) is 9.84 Å². The fourth-order valence-corrected chi connectivity index (χ4v) is 3.77. The highest BCUT2D eigenvalue weighted by molar-refractivity contribution is 7.90. The van der Waals surface area contributed by atoms with Crippen LogP contribution in [0.25, 0.3) is 0 Å². The monoisotopic (exact) mass is 317 g/mol. The molecule has 0 aliphatic carbocycles. The van der Waals surface area contributed by atoms with Gasteiger partial charge in [-0.2, -0.15) is 0 Å². The summed E-state index contributed by atoms with van der Waals surface area (Å²) in [4.78, 5) is 0.934. The Morgan fingerprint density at radius 2 is 1.80 bits per heavy atom. The molecular weight excluding hydrogens is 294 g/mol. The minimum atomic E-state index is -3.20. The second-order valence-corrected chi connectivity index (χ2v) is 8.33. The first kappa shape index (κ1) is 17.3. The van der Waals surface area contributed by atoms with Gasteiger partial charge in [0.25, 0.3) is 0 Å². The number of benzene rings is 1. The molecule has 1 rings (SSSR count). The molecule has 2 unspecified atom stereocenters. The van der Waals surface area contributed by atoms with Crippen molar-refractivity contribution in [2.24, 2.45) is 0 Å². The number of sulfone groups is 1. The lowest BCUT2D eigenvalue weighted by Gasteiger charge is -2.16. The lowest BCUT2D eigenvalue weighted by atomic mass is 10.2. The molecule has 4 nitrogen and oxygen atoms in total. The average Bonchev–Trinajstić information content (AvgIpc) is 2.42. The third-order valence-electron chi connectivity index (χ3n) is 3.04. The van der Waals surface area contributed by atoms with E-state index in [-0.39, 0.29) is 10.9 Å². The fraction of sp³-hybridized carbons (Fsp3) is 0.571. The van der Waals surface area contributed by atoms with Gasteiger partial charge in [0.05, 0.1) is 15.7 Å². The van der Waals surface area contributed by atoms with Crippen molar-refractivity contribution in [2.45, 2.75) is 42.5 Å². The summed E-state index contributed by atoms with van der Waals surface area (Å²) < 4.78 is 35.0. The van der Waals surface area contributed by atoms with Gasteiger partial charge >= 0.3 is 0 Å². The van der Waals surface area contributed by atoms with Crippen molar-refractivity contribution < 1.29 is 12.6 Å². The first-order chi connectivity index (χ1) is 9.38. The Balaban J connectivity index is 2.72. The first-order valence-corrected chi connectivity index (χ1v) is 10.0. The molecule has 0 amide bonds. The molecule has 114 valence electrons. The molecule has 0 spiro atoms. The summed E-state index contributed by atoms with van der Waals surface area (Å²) in [6.07, 6.45) is 3.14. The maximum Gasteiger partial charge on any atom is 0.175 e. The largest absolute Gasteiger partial charge is 0.313 e. The average molecular weight is 317 g/mol. The van der Waals surface area contributed by atoms with E-state index in [1.807, 2.05) is 0 Å². The smallest absolute Gasteiger partial charge is 0.175 e. The zero-order valence-electron chi connectivity index (χ0n) is 12.3. The van der Waals surface area contributed by atoms with Crippen LogP contribution in [0.3, 0.4) is 0 Å². The molecule has 0 aliphatic heterocycles. The standard InChI is InChI=1S/C14H23NO3S2/c1-4-10-15-12(5-2)11-19(16)13-6-8-14(9-7-13)20(3,17)18/h6-9,12,15H,4-5,10-11H2,1-3H3. The second kappa shape index (κ2) is 7.90. The third kappa shape index (κ3) is 5.34. The number of hydrogen-bond acceptors (Lipinski definition) is 4.